The van der Waals surface area contributed by atoms with Crippen molar-refractivity contribution < 1.29 is 19.1 Å². The number of rotatable bonds is 5. The molecule has 2 aliphatic heterocycles. The van der Waals surface area contributed by atoms with E-state index in [0.717, 1.165) is 5.56 Å². The maximum absolute atomic E-state index is 13.1. The second kappa shape index (κ2) is 7.12. The molecule has 0 unspecified atom stereocenters. The van der Waals surface area contributed by atoms with Crippen LogP contribution in [-0.4, -0.2) is 36.6 Å². The van der Waals surface area contributed by atoms with Crippen LogP contribution in [0.2, 0.25) is 5.02 Å². The Hall–Kier alpha value is -2.73. The molecule has 27 heavy (non-hydrogen) atoms. The van der Waals surface area contributed by atoms with Crippen LogP contribution < -0.4 is 14.8 Å². The number of ether oxygens (including phenoxy) is 2. The van der Waals surface area contributed by atoms with Gasteiger partial charge in [0.05, 0.1) is 13.2 Å². The second-order valence-electron chi connectivity index (χ2n) is 6.54. The predicted octanol–water partition coefficient (Wildman–Crippen LogP) is 3.34. The Morgan fingerprint density at radius 2 is 1.93 bits per heavy atom. The topological polar surface area (TPSA) is 67.9 Å². The van der Waals surface area contributed by atoms with E-state index in [1.54, 1.807) is 24.3 Å². The molecule has 2 aliphatic rings. The number of nitrogens with one attached hydrogen (secondary N) is 1. The van der Waals surface area contributed by atoms with E-state index in [0.29, 0.717) is 49.1 Å². The molecule has 1 N–H and O–H groups in total. The van der Waals surface area contributed by atoms with Gasteiger partial charge in [-0.15, -0.1) is 0 Å². The summed E-state index contributed by atoms with van der Waals surface area (Å²) >= 11 is 5.84. The number of fused-ring (bicyclic) bond motifs is 2. The summed E-state index contributed by atoms with van der Waals surface area (Å²) in [4.78, 5) is 26.8. The Balaban J connectivity index is 1.41. The minimum Gasteiger partial charge on any atom is -0.494 e. The number of amides is 3. The first kappa shape index (κ1) is 17.7. The highest BCUT2D eigenvalue weighted by atomic mass is 35.5. The molecule has 2 heterocycles. The number of hydrogen-bond acceptors (Lipinski definition) is 4. The summed E-state index contributed by atoms with van der Waals surface area (Å²) in [5.41, 5.74) is -0.308. The first-order valence-electron chi connectivity index (χ1n) is 8.85. The van der Waals surface area contributed by atoms with Gasteiger partial charge in [-0.2, -0.15) is 0 Å². The minimum absolute atomic E-state index is 0.227. The van der Waals surface area contributed by atoms with E-state index in [1.165, 1.54) is 4.90 Å². The molecule has 7 heteroatoms. The summed E-state index contributed by atoms with van der Waals surface area (Å²) in [6.45, 7) is 1.07. The van der Waals surface area contributed by atoms with Gasteiger partial charge in [0.1, 0.15) is 11.5 Å². The number of imide groups is 1. The molecule has 1 atom stereocenters. The van der Waals surface area contributed by atoms with Crippen LogP contribution in [0.3, 0.4) is 0 Å². The number of benzene rings is 2. The molecule has 0 radical (unpaired) electrons. The Labute approximate surface area is 162 Å². The molecule has 6 nitrogen and oxygen atoms in total. The minimum atomic E-state index is -1.02. The van der Waals surface area contributed by atoms with E-state index >= 15 is 0 Å². The zero-order chi connectivity index (χ0) is 18.9. The lowest BCUT2D eigenvalue weighted by Gasteiger charge is -2.33. The lowest BCUT2D eigenvalue weighted by molar-refractivity contribution is -0.132. The standard InChI is InChI=1S/C20H19ClN2O4/c21-14-6-8-15(9-7-14)26-12-3-11-23-18(24)20(22-19(23)25)10-13-27-17-5-2-1-4-16(17)20/h1-2,4-9H,3,10-13H2,(H,22,25)/t20-/m0/s1. The predicted molar refractivity (Wildman–Crippen MR) is 100 cm³/mol. The van der Waals surface area contributed by atoms with Gasteiger partial charge in [0.25, 0.3) is 5.91 Å². The highest BCUT2D eigenvalue weighted by molar-refractivity contribution is 6.30. The van der Waals surface area contributed by atoms with Crippen molar-refractivity contribution in [1.82, 2.24) is 10.2 Å². The largest absolute Gasteiger partial charge is 0.494 e. The first-order valence-corrected chi connectivity index (χ1v) is 9.23. The van der Waals surface area contributed by atoms with Crippen molar-refractivity contribution in [3.8, 4) is 11.5 Å². The van der Waals surface area contributed by atoms with Crippen molar-refractivity contribution in [2.24, 2.45) is 0 Å². The summed E-state index contributed by atoms with van der Waals surface area (Å²) in [6.07, 6.45) is 0.961. The summed E-state index contributed by atoms with van der Waals surface area (Å²) in [5, 5.41) is 3.53. The molecule has 2 aromatic carbocycles. The lowest BCUT2D eigenvalue weighted by Crippen LogP contribution is -2.47. The molecule has 1 saturated heterocycles. The molecule has 1 spiro atoms. The Morgan fingerprint density at radius 1 is 1.15 bits per heavy atom. The van der Waals surface area contributed by atoms with Gasteiger partial charge in [-0.25, -0.2) is 4.79 Å². The molecular weight excluding hydrogens is 368 g/mol. The van der Waals surface area contributed by atoms with Gasteiger partial charge in [0, 0.05) is 23.6 Å². The van der Waals surface area contributed by atoms with Gasteiger partial charge in [-0.05, 0) is 36.8 Å². The van der Waals surface area contributed by atoms with Crippen LogP contribution in [-0.2, 0) is 10.3 Å². The fraction of sp³-hybridized carbons (Fsp3) is 0.300. The lowest BCUT2D eigenvalue weighted by atomic mass is 9.84. The van der Waals surface area contributed by atoms with E-state index in [9.17, 15) is 9.59 Å². The second-order valence-corrected chi connectivity index (χ2v) is 6.98. The fourth-order valence-corrected chi connectivity index (χ4v) is 3.64. The Morgan fingerprint density at radius 3 is 2.74 bits per heavy atom. The number of carbonyl (C=O) groups is 2. The van der Waals surface area contributed by atoms with E-state index in [4.69, 9.17) is 21.1 Å². The highest BCUT2D eigenvalue weighted by Crippen LogP contribution is 2.40. The van der Waals surface area contributed by atoms with Gasteiger partial charge >= 0.3 is 6.03 Å². The zero-order valence-corrected chi connectivity index (χ0v) is 15.4. The molecule has 0 saturated carbocycles. The third-order valence-corrected chi connectivity index (χ3v) is 5.12. The maximum atomic E-state index is 13.1. The SMILES string of the molecule is O=C1N[C@]2(CCOc3ccccc32)C(=O)N1CCCOc1ccc(Cl)cc1. The van der Waals surface area contributed by atoms with Crippen LogP contribution in [0, 0.1) is 0 Å². The third kappa shape index (κ3) is 3.21. The average molecular weight is 387 g/mol. The van der Waals surface area contributed by atoms with Gasteiger partial charge < -0.3 is 14.8 Å². The van der Waals surface area contributed by atoms with Crippen molar-refractivity contribution >= 4 is 23.5 Å². The van der Waals surface area contributed by atoms with E-state index in [-0.39, 0.29) is 11.9 Å². The number of halogens is 1. The number of hydrogen-bond donors (Lipinski definition) is 1. The summed E-state index contributed by atoms with van der Waals surface area (Å²) in [7, 11) is 0. The Bertz CT molecular complexity index is 871. The van der Waals surface area contributed by atoms with E-state index in [1.807, 2.05) is 24.3 Å². The van der Waals surface area contributed by atoms with Gasteiger partial charge in [0.15, 0.2) is 5.54 Å². The van der Waals surface area contributed by atoms with Crippen molar-refractivity contribution in [2.75, 3.05) is 19.8 Å². The van der Waals surface area contributed by atoms with Crippen molar-refractivity contribution in [2.45, 2.75) is 18.4 Å². The molecular formula is C20H19ClN2O4. The van der Waals surface area contributed by atoms with Crippen LogP contribution in [0.5, 0.6) is 11.5 Å². The number of carbonyl (C=O) groups excluding carboxylic acids is 2. The molecule has 0 bridgehead atoms. The van der Waals surface area contributed by atoms with Crippen molar-refractivity contribution in [1.29, 1.82) is 0 Å². The molecule has 1 fully saturated rings. The quantitative estimate of drug-likeness (QED) is 0.632. The first-order chi connectivity index (χ1) is 13.1. The number of nitrogens with zero attached hydrogens (tertiary/aromatic N) is 1. The van der Waals surface area contributed by atoms with Gasteiger partial charge in [-0.3, -0.25) is 9.69 Å². The maximum Gasteiger partial charge on any atom is 0.325 e. The van der Waals surface area contributed by atoms with Gasteiger partial charge in [0.2, 0.25) is 0 Å². The monoisotopic (exact) mass is 386 g/mol. The fourth-order valence-electron chi connectivity index (χ4n) is 3.52. The average Bonchev–Trinajstić information content (AvgIpc) is 2.91. The Kier molecular flexibility index (Phi) is 4.66. The molecule has 0 aromatic heterocycles. The highest BCUT2D eigenvalue weighted by Gasteiger charge is 2.54. The molecule has 2 aromatic rings. The van der Waals surface area contributed by atoms with Crippen LogP contribution >= 0.6 is 11.6 Å². The molecule has 0 aliphatic carbocycles. The van der Waals surface area contributed by atoms with Crippen LogP contribution in [0.4, 0.5) is 4.79 Å². The molecule has 3 amide bonds. The van der Waals surface area contributed by atoms with Crippen molar-refractivity contribution in [3.05, 3.63) is 59.1 Å². The van der Waals surface area contributed by atoms with E-state index in [2.05, 4.69) is 5.32 Å². The summed E-state index contributed by atoms with van der Waals surface area (Å²) < 4.78 is 11.3. The summed E-state index contributed by atoms with van der Waals surface area (Å²) in [6, 6.07) is 14.0. The van der Waals surface area contributed by atoms with Crippen LogP contribution in [0.25, 0.3) is 0 Å². The smallest absolute Gasteiger partial charge is 0.325 e. The van der Waals surface area contributed by atoms with Gasteiger partial charge in [-0.1, -0.05) is 29.8 Å². The molecule has 4 rings (SSSR count). The number of para-hydroxylation sites is 1. The summed E-state index contributed by atoms with van der Waals surface area (Å²) in [5.74, 6) is 1.12. The number of urea groups is 1. The zero-order valence-electron chi connectivity index (χ0n) is 14.6. The normalized spacial score (nSPS) is 21.0. The van der Waals surface area contributed by atoms with Crippen LogP contribution in [0.15, 0.2) is 48.5 Å². The molecule has 140 valence electrons. The van der Waals surface area contributed by atoms with Crippen molar-refractivity contribution in [3.63, 3.8) is 0 Å². The third-order valence-electron chi connectivity index (χ3n) is 4.87. The van der Waals surface area contributed by atoms with Crippen LogP contribution in [0.1, 0.15) is 18.4 Å². The van der Waals surface area contributed by atoms with E-state index < -0.39 is 5.54 Å².